The fourth-order valence-electron chi connectivity index (χ4n) is 2.51. The van der Waals surface area contributed by atoms with E-state index in [1.165, 1.54) is 18.9 Å². The lowest BCUT2D eigenvalue weighted by Gasteiger charge is -2.21. The molecule has 7 nitrogen and oxygen atoms in total. The Balaban J connectivity index is 2.04. The van der Waals surface area contributed by atoms with Crippen LogP contribution in [-0.2, 0) is 9.59 Å². The normalized spacial score (nSPS) is 9.85. The third-order valence-corrected chi connectivity index (χ3v) is 3.93. The summed E-state index contributed by atoms with van der Waals surface area (Å²) in [5, 5.41) is 11.6. The van der Waals surface area contributed by atoms with Crippen molar-refractivity contribution in [3.8, 4) is 17.6 Å². The van der Waals surface area contributed by atoms with E-state index < -0.39 is 0 Å². The Morgan fingerprint density at radius 2 is 1.81 bits per heavy atom. The maximum absolute atomic E-state index is 12.3. The van der Waals surface area contributed by atoms with Crippen LogP contribution in [0.3, 0.4) is 0 Å². The van der Waals surface area contributed by atoms with Gasteiger partial charge in [-0.25, -0.2) is 0 Å². The Hall–Kier alpha value is -3.53. The van der Waals surface area contributed by atoms with Gasteiger partial charge in [0.15, 0.2) is 0 Å². The van der Waals surface area contributed by atoms with Crippen molar-refractivity contribution in [1.82, 2.24) is 0 Å². The van der Waals surface area contributed by atoms with Crippen molar-refractivity contribution in [3.05, 3.63) is 48.0 Å². The molecule has 27 heavy (non-hydrogen) atoms. The summed E-state index contributed by atoms with van der Waals surface area (Å²) in [6.45, 7) is 1.65. The molecule has 0 heterocycles. The lowest BCUT2D eigenvalue weighted by molar-refractivity contribution is -0.117. The summed E-state index contributed by atoms with van der Waals surface area (Å²) < 4.78 is 10.4. The zero-order valence-electron chi connectivity index (χ0n) is 15.5. The molecule has 140 valence electrons. The van der Waals surface area contributed by atoms with Gasteiger partial charge in [0.25, 0.3) is 0 Å². The number of amides is 2. The van der Waals surface area contributed by atoms with Gasteiger partial charge < -0.3 is 19.7 Å². The van der Waals surface area contributed by atoms with Crippen LogP contribution < -0.4 is 19.7 Å². The number of nitrogens with zero attached hydrogens (tertiary/aromatic N) is 2. The third kappa shape index (κ3) is 5.22. The van der Waals surface area contributed by atoms with Gasteiger partial charge in [-0.05, 0) is 36.4 Å². The number of benzene rings is 2. The molecule has 0 saturated carbocycles. The van der Waals surface area contributed by atoms with Crippen LogP contribution in [0.25, 0.3) is 0 Å². The summed E-state index contributed by atoms with van der Waals surface area (Å²) in [7, 11) is 3.05. The Bertz CT molecular complexity index is 857. The van der Waals surface area contributed by atoms with Gasteiger partial charge in [0.2, 0.25) is 11.8 Å². The minimum Gasteiger partial charge on any atom is -0.497 e. The molecule has 0 aliphatic heterocycles. The summed E-state index contributed by atoms with van der Waals surface area (Å²) in [6, 6.07) is 13.8. The molecule has 0 saturated heterocycles. The first-order chi connectivity index (χ1) is 13.0. The first-order valence-corrected chi connectivity index (χ1v) is 8.28. The summed E-state index contributed by atoms with van der Waals surface area (Å²) in [5.41, 5.74) is 1.67. The highest BCUT2D eigenvalue weighted by atomic mass is 16.5. The second-order valence-corrected chi connectivity index (χ2v) is 5.69. The van der Waals surface area contributed by atoms with E-state index >= 15 is 0 Å². The van der Waals surface area contributed by atoms with E-state index in [0.717, 1.165) is 0 Å². The van der Waals surface area contributed by atoms with Gasteiger partial charge in [0.1, 0.15) is 11.5 Å². The van der Waals surface area contributed by atoms with Crippen LogP contribution in [0.1, 0.15) is 18.9 Å². The van der Waals surface area contributed by atoms with E-state index in [0.29, 0.717) is 28.4 Å². The molecule has 2 amide bonds. The SMILES string of the molecule is COc1ccc(NC(=O)CCN(C(C)=O)c2ccc(C#N)cc2)c(OC)c1. The van der Waals surface area contributed by atoms with Crippen LogP contribution in [-0.4, -0.2) is 32.6 Å². The molecule has 0 atom stereocenters. The average Bonchev–Trinajstić information content (AvgIpc) is 2.68. The quantitative estimate of drug-likeness (QED) is 0.812. The number of nitrogens with one attached hydrogen (secondary N) is 1. The fraction of sp³-hybridized carbons (Fsp3) is 0.250. The summed E-state index contributed by atoms with van der Waals surface area (Å²) >= 11 is 0. The van der Waals surface area contributed by atoms with Crippen molar-refractivity contribution in [2.24, 2.45) is 0 Å². The van der Waals surface area contributed by atoms with Crippen molar-refractivity contribution >= 4 is 23.2 Å². The van der Waals surface area contributed by atoms with Gasteiger partial charge in [-0.15, -0.1) is 0 Å². The number of ether oxygens (including phenoxy) is 2. The molecule has 0 bridgehead atoms. The van der Waals surface area contributed by atoms with Gasteiger partial charge in [-0.1, -0.05) is 0 Å². The molecular formula is C20H21N3O4. The zero-order chi connectivity index (χ0) is 19.8. The lowest BCUT2D eigenvalue weighted by Crippen LogP contribution is -2.32. The van der Waals surface area contributed by atoms with Crippen molar-refractivity contribution in [2.45, 2.75) is 13.3 Å². The molecular weight excluding hydrogens is 346 g/mol. The number of anilines is 2. The average molecular weight is 367 g/mol. The van der Waals surface area contributed by atoms with Gasteiger partial charge in [0.05, 0.1) is 31.5 Å². The first-order valence-electron chi connectivity index (χ1n) is 8.28. The zero-order valence-corrected chi connectivity index (χ0v) is 15.5. The van der Waals surface area contributed by atoms with Crippen molar-refractivity contribution < 1.29 is 19.1 Å². The van der Waals surface area contributed by atoms with Gasteiger partial charge in [-0.2, -0.15) is 5.26 Å². The van der Waals surface area contributed by atoms with Gasteiger partial charge in [-0.3, -0.25) is 9.59 Å². The van der Waals surface area contributed by atoms with E-state index in [1.807, 2.05) is 6.07 Å². The Morgan fingerprint density at radius 3 is 2.37 bits per heavy atom. The highest BCUT2D eigenvalue weighted by Gasteiger charge is 2.15. The molecule has 0 aliphatic carbocycles. The number of carbonyl (C=O) groups excluding carboxylic acids is 2. The van der Waals surface area contributed by atoms with Gasteiger partial charge >= 0.3 is 0 Å². The Labute approximate surface area is 158 Å². The van der Waals surface area contributed by atoms with Crippen LogP contribution in [0.2, 0.25) is 0 Å². The molecule has 0 radical (unpaired) electrons. The van der Waals surface area contributed by atoms with Crippen LogP contribution in [0.5, 0.6) is 11.5 Å². The molecule has 7 heteroatoms. The van der Waals surface area contributed by atoms with Crippen molar-refractivity contribution in [2.75, 3.05) is 31.0 Å². The molecule has 0 aromatic heterocycles. The van der Waals surface area contributed by atoms with Crippen LogP contribution in [0.4, 0.5) is 11.4 Å². The lowest BCUT2D eigenvalue weighted by atomic mass is 10.2. The first kappa shape index (κ1) is 19.8. The maximum Gasteiger partial charge on any atom is 0.226 e. The van der Waals surface area contributed by atoms with E-state index in [1.54, 1.807) is 49.6 Å². The standard InChI is InChI=1S/C20H21N3O4/c1-14(24)23(16-6-4-15(13-21)5-7-16)11-10-20(25)22-18-9-8-17(26-2)12-19(18)27-3/h4-9,12H,10-11H2,1-3H3,(H,22,25). The molecule has 0 fully saturated rings. The van der Waals surface area contributed by atoms with E-state index in [4.69, 9.17) is 14.7 Å². The molecule has 2 rings (SSSR count). The predicted octanol–water partition coefficient (Wildman–Crippen LogP) is 2.96. The minimum absolute atomic E-state index is 0.106. The van der Waals surface area contributed by atoms with E-state index in [2.05, 4.69) is 5.32 Å². The molecule has 2 aromatic carbocycles. The maximum atomic E-state index is 12.3. The fourth-order valence-corrected chi connectivity index (χ4v) is 2.51. The topological polar surface area (TPSA) is 91.7 Å². The molecule has 0 aliphatic rings. The van der Waals surface area contributed by atoms with E-state index in [9.17, 15) is 9.59 Å². The number of carbonyl (C=O) groups is 2. The second-order valence-electron chi connectivity index (χ2n) is 5.69. The highest BCUT2D eigenvalue weighted by molar-refractivity contribution is 5.95. The molecule has 0 unspecified atom stereocenters. The van der Waals surface area contributed by atoms with Crippen molar-refractivity contribution in [1.29, 1.82) is 5.26 Å². The minimum atomic E-state index is -0.252. The summed E-state index contributed by atoms with van der Waals surface area (Å²) in [5.74, 6) is 0.666. The monoisotopic (exact) mass is 367 g/mol. The Kier molecular flexibility index (Phi) is 6.78. The second kappa shape index (κ2) is 9.25. The summed E-state index contributed by atoms with van der Waals surface area (Å²) in [6.07, 6.45) is 0.106. The number of methoxy groups -OCH3 is 2. The molecule has 0 spiro atoms. The predicted molar refractivity (Wildman–Crippen MR) is 102 cm³/mol. The smallest absolute Gasteiger partial charge is 0.226 e. The van der Waals surface area contributed by atoms with Crippen molar-refractivity contribution in [3.63, 3.8) is 0 Å². The number of rotatable bonds is 7. The molecule has 1 N–H and O–H groups in total. The molecule has 2 aromatic rings. The number of nitriles is 1. The number of hydrogen-bond acceptors (Lipinski definition) is 5. The largest absolute Gasteiger partial charge is 0.497 e. The van der Waals surface area contributed by atoms with Gasteiger partial charge in [0, 0.05) is 31.6 Å². The number of hydrogen-bond donors (Lipinski definition) is 1. The highest BCUT2D eigenvalue weighted by Crippen LogP contribution is 2.29. The van der Waals surface area contributed by atoms with E-state index in [-0.39, 0.29) is 24.8 Å². The Morgan fingerprint density at radius 1 is 1.11 bits per heavy atom. The van der Waals surface area contributed by atoms with Crippen LogP contribution in [0, 0.1) is 11.3 Å². The third-order valence-electron chi connectivity index (χ3n) is 3.93. The summed E-state index contributed by atoms with van der Waals surface area (Å²) in [4.78, 5) is 25.7. The van der Waals surface area contributed by atoms with Crippen LogP contribution in [0.15, 0.2) is 42.5 Å². The van der Waals surface area contributed by atoms with Crippen LogP contribution >= 0.6 is 0 Å².